The van der Waals surface area contributed by atoms with Crippen molar-refractivity contribution >= 4 is 23.5 Å². The van der Waals surface area contributed by atoms with Crippen LogP contribution in [0.15, 0.2) is 35.4 Å². The van der Waals surface area contributed by atoms with E-state index in [-0.39, 0.29) is 11.9 Å². The molecule has 1 aromatic rings. The maximum absolute atomic E-state index is 12.7. The Morgan fingerprint density at radius 2 is 2.04 bits per heavy atom. The van der Waals surface area contributed by atoms with Crippen molar-refractivity contribution in [2.75, 3.05) is 0 Å². The van der Waals surface area contributed by atoms with Crippen LogP contribution < -0.4 is 5.32 Å². The highest BCUT2D eigenvalue weighted by atomic mass is 35.5. The average Bonchev–Trinajstić information content (AvgIpc) is 2.76. The van der Waals surface area contributed by atoms with Gasteiger partial charge < -0.3 is 10.1 Å². The summed E-state index contributed by atoms with van der Waals surface area (Å²) >= 11 is 5.96. The van der Waals surface area contributed by atoms with Gasteiger partial charge in [0.05, 0.1) is 5.57 Å². The highest BCUT2D eigenvalue weighted by Crippen LogP contribution is 2.43. The van der Waals surface area contributed by atoms with E-state index in [4.69, 9.17) is 16.3 Å². The van der Waals surface area contributed by atoms with Crippen molar-refractivity contribution in [2.24, 2.45) is 0 Å². The number of hydrogen-bond acceptors (Lipinski definition) is 3. The number of carbonyl (C=O) groups is 2. The zero-order valence-corrected chi connectivity index (χ0v) is 13.9. The Balaban J connectivity index is 1.77. The average molecular weight is 334 g/mol. The van der Waals surface area contributed by atoms with Gasteiger partial charge in [-0.25, -0.2) is 4.79 Å². The molecule has 1 N–H and O–H groups in total. The molecule has 1 amide bonds. The lowest BCUT2D eigenvalue weighted by atomic mass is 9.78. The Kier molecular flexibility index (Phi) is 4.44. The molecule has 0 saturated heterocycles. The van der Waals surface area contributed by atoms with Crippen LogP contribution in [0.25, 0.3) is 0 Å². The molecule has 122 valence electrons. The molecule has 3 rings (SSSR count). The first kappa shape index (κ1) is 16.1. The van der Waals surface area contributed by atoms with Crippen molar-refractivity contribution < 1.29 is 14.3 Å². The Morgan fingerprint density at radius 1 is 1.30 bits per heavy atom. The first-order valence-electron chi connectivity index (χ1n) is 7.99. The van der Waals surface area contributed by atoms with Gasteiger partial charge in [-0.1, -0.05) is 30.2 Å². The zero-order valence-electron chi connectivity index (χ0n) is 13.2. The number of ether oxygens (including phenoxy) is 1. The molecule has 0 aromatic heterocycles. The minimum Gasteiger partial charge on any atom is -0.451 e. The van der Waals surface area contributed by atoms with Gasteiger partial charge in [-0.05, 0) is 50.3 Å². The van der Waals surface area contributed by atoms with Gasteiger partial charge in [-0.15, -0.1) is 0 Å². The molecule has 1 aliphatic carbocycles. The van der Waals surface area contributed by atoms with Crippen molar-refractivity contribution in [3.63, 3.8) is 0 Å². The molecule has 0 bridgehead atoms. The maximum atomic E-state index is 12.7. The lowest BCUT2D eigenvalue weighted by Gasteiger charge is -2.34. The molecule has 1 aromatic carbocycles. The molecule has 0 atom stereocenters. The fraction of sp³-hybridized carbons (Fsp3) is 0.444. The Bertz CT molecular complexity index is 675. The van der Waals surface area contributed by atoms with Gasteiger partial charge in [0, 0.05) is 17.1 Å². The van der Waals surface area contributed by atoms with Crippen molar-refractivity contribution in [2.45, 2.75) is 51.2 Å². The third-order valence-electron chi connectivity index (χ3n) is 4.66. The van der Waals surface area contributed by atoms with Gasteiger partial charge in [0.2, 0.25) is 0 Å². The van der Waals surface area contributed by atoms with Crippen LogP contribution in [0.5, 0.6) is 0 Å². The molecule has 23 heavy (non-hydrogen) atoms. The lowest BCUT2D eigenvalue weighted by molar-refractivity contribution is -0.149. The summed E-state index contributed by atoms with van der Waals surface area (Å²) in [5.41, 5.74) is 1.17. The van der Waals surface area contributed by atoms with E-state index in [0.29, 0.717) is 22.7 Å². The minimum absolute atomic E-state index is 0.213. The first-order chi connectivity index (χ1) is 11.0. The third kappa shape index (κ3) is 3.13. The van der Waals surface area contributed by atoms with Crippen LogP contribution in [-0.4, -0.2) is 17.5 Å². The lowest BCUT2D eigenvalue weighted by Crippen LogP contribution is -2.41. The van der Waals surface area contributed by atoms with Gasteiger partial charge in [-0.2, -0.15) is 0 Å². The van der Waals surface area contributed by atoms with Gasteiger partial charge >= 0.3 is 5.97 Å². The molecule has 1 spiro atoms. The molecular weight excluding hydrogens is 314 g/mol. The van der Waals surface area contributed by atoms with E-state index in [1.54, 1.807) is 13.0 Å². The minimum atomic E-state index is -0.710. The van der Waals surface area contributed by atoms with E-state index < -0.39 is 5.60 Å². The number of rotatable bonds is 3. The summed E-state index contributed by atoms with van der Waals surface area (Å²) in [5, 5.41) is 3.54. The van der Waals surface area contributed by atoms with Crippen LogP contribution in [0, 0.1) is 0 Å². The monoisotopic (exact) mass is 333 g/mol. The van der Waals surface area contributed by atoms with Crippen LogP contribution in [-0.2, 0) is 20.9 Å². The molecule has 5 heteroatoms. The molecule has 1 aliphatic heterocycles. The van der Waals surface area contributed by atoms with Gasteiger partial charge in [0.15, 0.2) is 0 Å². The number of hydrogen-bond donors (Lipinski definition) is 1. The summed E-state index contributed by atoms with van der Waals surface area (Å²) in [7, 11) is 0. The summed E-state index contributed by atoms with van der Waals surface area (Å²) in [6, 6.07) is 7.36. The standard InChI is InChI=1S/C18H20ClNO3/c1-12-15(18(23-17(12)22)8-3-2-4-9-18)16(21)20-11-13-6-5-7-14(19)10-13/h5-7,10H,2-4,8-9,11H2,1H3,(H,20,21). The van der Waals surface area contributed by atoms with Crippen molar-refractivity contribution in [1.82, 2.24) is 5.32 Å². The van der Waals surface area contributed by atoms with Crippen LogP contribution in [0.4, 0.5) is 0 Å². The molecule has 4 nitrogen and oxygen atoms in total. The summed E-state index contributed by atoms with van der Waals surface area (Å²) < 4.78 is 5.61. The van der Waals surface area contributed by atoms with Crippen LogP contribution in [0.3, 0.4) is 0 Å². The van der Waals surface area contributed by atoms with E-state index >= 15 is 0 Å². The molecular formula is C18H20ClNO3. The predicted molar refractivity (Wildman–Crippen MR) is 87.9 cm³/mol. The zero-order chi connectivity index (χ0) is 16.4. The summed E-state index contributed by atoms with van der Waals surface area (Å²) in [5.74, 6) is -0.574. The highest BCUT2D eigenvalue weighted by molar-refractivity contribution is 6.30. The third-order valence-corrected chi connectivity index (χ3v) is 4.89. The summed E-state index contributed by atoms with van der Waals surface area (Å²) in [6.45, 7) is 2.06. The number of benzene rings is 1. The molecule has 0 radical (unpaired) electrons. The fourth-order valence-electron chi connectivity index (χ4n) is 3.52. The summed E-state index contributed by atoms with van der Waals surface area (Å²) in [4.78, 5) is 24.7. The molecule has 1 saturated carbocycles. The topological polar surface area (TPSA) is 55.4 Å². The Morgan fingerprint density at radius 3 is 2.74 bits per heavy atom. The van der Waals surface area contributed by atoms with Crippen molar-refractivity contribution in [3.05, 3.63) is 46.0 Å². The quantitative estimate of drug-likeness (QED) is 0.861. The Hall–Kier alpha value is -1.81. The predicted octanol–water partition coefficient (Wildman–Crippen LogP) is 3.53. The highest BCUT2D eigenvalue weighted by Gasteiger charge is 2.49. The van der Waals surface area contributed by atoms with Gasteiger partial charge in [-0.3, -0.25) is 4.79 Å². The van der Waals surface area contributed by atoms with E-state index in [9.17, 15) is 9.59 Å². The molecule has 2 aliphatic rings. The molecule has 1 fully saturated rings. The van der Waals surface area contributed by atoms with Gasteiger partial charge in [0.1, 0.15) is 5.60 Å². The normalized spacial score (nSPS) is 19.8. The fourth-order valence-corrected chi connectivity index (χ4v) is 3.73. The van der Waals surface area contributed by atoms with Crippen LogP contribution >= 0.6 is 11.6 Å². The van der Waals surface area contributed by atoms with E-state index in [1.165, 1.54) is 0 Å². The van der Waals surface area contributed by atoms with Crippen molar-refractivity contribution in [3.8, 4) is 0 Å². The van der Waals surface area contributed by atoms with E-state index in [1.807, 2.05) is 18.2 Å². The number of halogens is 1. The molecule has 0 unspecified atom stereocenters. The second-order valence-corrected chi connectivity index (χ2v) is 6.69. The van der Waals surface area contributed by atoms with E-state index in [2.05, 4.69) is 5.32 Å². The second kappa shape index (κ2) is 6.36. The van der Waals surface area contributed by atoms with Crippen LogP contribution in [0.1, 0.15) is 44.6 Å². The summed E-state index contributed by atoms with van der Waals surface area (Å²) in [6.07, 6.45) is 4.54. The number of carbonyl (C=O) groups excluding carboxylic acids is 2. The molecule has 1 heterocycles. The van der Waals surface area contributed by atoms with Gasteiger partial charge in [0.25, 0.3) is 5.91 Å². The SMILES string of the molecule is CC1=C(C(=O)NCc2cccc(Cl)c2)C2(CCCCC2)OC1=O. The largest absolute Gasteiger partial charge is 0.451 e. The first-order valence-corrected chi connectivity index (χ1v) is 8.37. The van der Waals surface area contributed by atoms with E-state index in [0.717, 1.165) is 37.7 Å². The maximum Gasteiger partial charge on any atom is 0.335 e. The number of nitrogens with one attached hydrogen (secondary N) is 1. The smallest absolute Gasteiger partial charge is 0.335 e. The number of amides is 1. The van der Waals surface area contributed by atoms with Crippen LogP contribution in [0.2, 0.25) is 5.02 Å². The number of esters is 1. The Labute approximate surface area is 140 Å². The second-order valence-electron chi connectivity index (χ2n) is 6.26. The van der Waals surface area contributed by atoms with Crippen molar-refractivity contribution in [1.29, 1.82) is 0 Å².